The summed E-state index contributed by atoms with van der Waals surface area (Å²) in [6, 6.07) is 6.23. The van der Waals surface area contributed by atoms with Gasteiger partial charge in [-0.1, -0.05) is 12.1 Å². The number of aryl methyl sites for hydroxylation is 1. The van der Waals surface area contributed by atoms with Crippen LogP contribution in [0.3, 0.4) is 0 Å². The minimum atomic E-state index is 0.139. The van der Waals surface area contributed by atoms with Crippen LogP contribution in [0.1, 0.15) is 30.5 Å². The quantitative estimate of drug-likeness (QED) is 0.659. The van der Waals surface area contributed by atoms with E-state index >= 15 is 0 Å². The van der Waals surface area contributed by atoms with Gasteiger partial charge in [0, 0.05) is 18.0 Å². The Balaban J connectivity index is 2.49. The van der Waals surface area contributed by atoms with Gasteiger partial charge in [0.05, 0.1) is 6.10 Å². The highest BCUT2D eigenvalue weighted by atomic mass is 16.5. The Labute approximate surface area is 78.7 Å². The van der Waals surface area contributed by atoms with E-state index < -0.39 is 0 Å². The van der Waals surface area contributed by atoms with Crippen molar-refractivity contribution in [2.24, 2.45) is 5.73 Å². The molecule has 0 aromatic heterocycles. The summed E-state index contributed by atoms with van der Waals surface area (Å²) >= 11 is 0. The van der Waals surface area contributed by atoms with Crippen LogP contribution in [0.5, 0.6) is 5.75 Å². The molecule has 0 fully saturated rings. The molecule has 1 aromatic carbocycles. The van der Waals surface area contributed by atoms with Gasteiger partial charge in [-0.3, -0.25) is 0 Å². The highest BCUT2D eigenvalue weighted by Gasteiger charge is 2.23. The Morgan fingerprint density at radius 3 is 3.00 bits per heavy atom. The maximum atomic E-state index is 6.06. The molecule has 0 amide bonds. The first-order chi connectivity index (χ1) is 6.18. The molecule has 1 aromatic rings. The van der Waals surface area contributed by atoms with Gasteiger partial charge in [-0.15, -0.1) is 0 Å². The summed E-state index contributed by atoms with van der Waals surface area (Å²) in [5.74, 6) is 0.964. The second kappa shape index (κ2) is 3.04. The Morgan fingerprint density at radius 2 is 2.23 bits per heavy atom. The van der Waals surface area contributed by atoms with Crippen LogP contribution in [0.15, 0.2) is 18.2 Å². The minimum absolute atomic E-state index is 0.139. The van der Waals surface area contributed by atoms with Gasteiger partial charge in [0.1, 0.15) is 5.75 Å². The van der Waals surface area contributed by atoms with Crippen LogP contribution in [0.2, 0.25) is 0 Å². The van der Waals surface area contributed by atoms with E-state index in [1.54, 1.807) is 0 Å². The molecule has 2 rings (SSSR count). The smallest absolute Gasteiger partial charge is 0.124 e. The lowest BCUT2D eigenvalue weighted by molar-refractivity contribution is 0.176. The van der Waals surface area contributed by atoms with E-state index in [0.29, 0.717) is 0 Å². The minimum Gasteiger partial charge on any atom is -0.490 e. The molecule has 0 bridgehead atoms. The number of rotatable bonds is 0. The van der Waals surface area contributed by atoms with Gasteiger partial charge in [0.25, 0.3) is 0 Å². The van der Waals surface area contributed by atoms with Gasteiger partial charge >= 0.3 is 0 Å². The van der Waals surface area contributed by atoms with Crippen molar-refractivity contribution in [1.82, 2.24) is 0 Å². The Kier molecular flexibility index (Phi) is 2.00. The van der Waals surface area contributed by atoms with E-state index in [1.807, 2.05) is 12.1 Å². The molecule has 2 heteroatoms. The summed E-state index contributed by atoms with van der Waals surface area (Å²) in [4.78, 5) is 0. The molecule has 0 aliphatic carbocycles. The lowest BCUT2D eigenvalue weighted by atomic mass is 9.94. The van der Waals surface area contributed by atoms with E-state index in [9.17, 15) is 0 Å². The summed E-state index contributed by atoms with van der Waals surface area (Å²) in [6.07, 6.45) is 1.15. The standard InChI is InChI=1S/C11H15NO/c1-7-4-3-5-10-11(7)9(12)6-8(2)13-10/h3-5,8-9H,6,12H2,1-2H3. The van der Waals surface area contributed by atoms with Crippen molar-refractivity contribution in [1.29, 1.82) is 0 Å². The number of fused-ring (bicyclic) bond motifs is 1. The van der Waals surface area contributed by atoms with Gasteiger partial charge in [-0.05, 0) is 25.5 Å². The topological polar surface area (TPSA) is 35.2 Å². The molecule has 2 atom stereocenters. The molecule has 0 saturated heterocycles. The molecule has 0 radical (unpaired) electrons. The number of ether oxygens (including phenoxy) is 1. The predicted molar refractivity (Wildman–Crippen MR) is 52.8 cm³/mol. The Morgan fingerprint density at radius 1 is 1.46 bits per heavy atom. The summed E-state index contributed by atoms with van der Waals surface area (Å²) < 4.78 is 5.70. The zero-order valence-corrected chi connectivity index (χ0v) is 8.08. The zero-order chi connectivity index (χ0) is 9.42. The zero-order valence-electron chi connectivity index (χ0n) is 8.08. The van der Waals surface area contributed by atoms with E-state index in [2.05, 4.69) is 19.9 Å². The maximum absolute atomic E-state index is 6.06. The van der Waals surface area contributed by atoms with Gasteiger partial charge < -0.3 is 10.5 Å². The molecule has 0 spiro atoms. The first-order valence-corrected chi connectivity index (χ1v) is 4.70. The fourth-order valence-electron chi connectivity index (χ4n) is 1.97. The second-order valence-electron chi connectivity index (χ2n) is 3.76. The summed E-state index contributed by atoms with van der Waals surface area (Å²) in [7, 11) is 0. The van der Waals surface area contributed by atoms with Crippen LogP contribution in [0.25, 0.3) is 0 Å². The summed E-state index contributed by atoms with van der Waals surface area (Å²) in [5.41, 5.74) is 8.47. The largest absolute Gasteiger partial charge is 0.490 e. The van der Waals surface area contributed by atoms with Gasteiger partial charge in [-0.2, -0.15) is 0 Å². The lowest BCUT2D eigenvalue weighted by Crippen LogP contribution is -2.27. The average Bonchev–Trinajstić information content (AvgIpc) is 2.02. The third kappa shape index (κ3) is 1.42. The van der Waals surface area contributed by atoms with Crippen LogP contribution in [0.4, 0.5) is 0 Å². The number of benzene rings is 1. The first-order valence-electron chi connectivity index (χ1n) is 4.70. The molecule has 2 unspecified atom stereocenters. The van der Waals surface area contributed by atoms with Crippen LogP contribution < -0.4 is 10.5 Å². The van der Waals surface area contributed by atoms with Gasteiger partial charge in [0.2, 0.25) is 0 Å². The van der Waals surface area contributed by atoms with Crippen molar-refractivity contribution < 1.29 is 4.74 Å². The van der Waals surface area contributed by atoms with Crippen LogP contribution >= 0.6 is 0 Å². The SMILES string of the molecule is Cc1cccc2c1C(N)CC(C)O2. The highest BCUT2D eigenvalue weighted by Crippen LogP contribution is 2.35. The average molecular weight is 177 g/mol. The predicted octanol–water partition coefficient (Wildman–Crippen LogP) is 2.17. The number of hydrogen-bond donors (Lipinski definition) is 1. The van der Waals surface area contributed by atoms with E-state index in [1.165, 1.54) is 11.1 Å². The van der Waals surface area contributed by atoms with Crippen molar-refractivity contribution in [2.75, 3.05) is 0 Å². The molecule has 0 saturated carbocycles. The van der Waals surface area contributed by atoms with E-state index in [4.69, 9.17) is 10.5 Å². The Hall–Kier alpha value is -1.02. The van der Waals surface area contributed by atoms with Crippen molar-refractivity contribution >= 4 is 0 Å². The molecule has 1 aliphatic heterocycles. The lowest BCUT2D eigenvalue weighted by Gasteiger charge is -2.29. The fraction of sp³-hybridized carbons (Fsp3) is 0.455. The van der Waals surface area contributed by atoms with Crippen LogP contribution in [-0.4, -0.2) is 6.10 Å². The molecule has 2 nitrogen and oxygen atoms in total. The Bertz CT molecular complexity index is 322. The van der Waals surface area contributed by atoms with Gasteiger partial charge in [0.15, 0.2) is 0 Å². The molecule has 2 N–H and O–H groups in total. The molecule has 1 aliphatic rings. The molecule has 13 heavy (non-hydrogen) atoms. The summed E-state index contributed by atoms with van der Waals surface area (Å²) in [5, 5.41) is 0. The van der Waals surface area contributed by atoms with Crippen molar-refractivity contribution in [2.45, 2.75) is 32.4 Å². The molecule has 1 heterocycles. The summed E-state index contributed by atoms with van der Waals surface area (Å²) in [6.45, 7) is 4.14. The number of nitrogens with two attached hydrogens (primary N) is 1. The molecular weight excluding hydrogens is 162 g/mol. The fourth-order valence-corrected chi connectivity index (χ4v) is 1.97. The maximum Gasteiger partial charge on any atom is 0.124 e. The second-order valence-corrected chi connectivity index (χ2v) is 3.76. The van der Waals surface area contributed by atoms with Crippen molar-refractivity contribution in [3.63, 3.8) is 0 Å². The van der Waals surface area contributed by atoms with E-state index in [0.717, 1.165) is 12.2 Å². The third-order valence-electron chi connectivity index (χ3n) is 2.57. The molecular formula is C11H15NO. The monoisotopic (exact) mass is 177 g/mol. The highest BCUT2D eigenvalue weighted by molar-refractivity contribution is 5.43. The van der Waals surface area contributed by atoms with Crippen LogP contribution in [0, 0.1) is 6.92 Å². The van der Waals surface area contributed by atoms with Crippen molar-refractivity contribution in [3.8, 4) is 5.75 Å². The van der Waals surface area contributed by atoms with Gasteiger partial charge in [-0.25, -0.2) is 0 Å². The van der Waals surface area contributed by atoms with Crippen molar-refractivity contribution in [3.05, 3.63) is 29.3 Å². The normalized spacial score (nSPS) is 26.4. The van der Waals surface area contributed by atoms with Crippen LogP contribution in [-0.2, 0) is 0 Å². The third-order valence-corrected chi connectivity index (χ3v) is 2.57. The number of hydrogen-bond acceptors (Lipinski definition) is 2. The molecule has 70 valence electrons. The van der Waals surface area contributed by atoms with E-state index in [-0.39, 0.29) is 12.1 Å². The first kappa shape index (κ1) is 8.57.